The standard InChI is InChI=1S/C55H88O6/c1-4-7-10-13-16-19-22-24-26-27-29-30-33-36-39-42-45-48-54(57)60-51-52(50-59-53(56)47-44-41-38-35-32-21-18-15-12-9-6-3)61-55(58)49-46-43-40-37-34-31-28-25-23-20-17-14-11-8-5-2/h9,12,16-21,23-26,29-30,35-36,38-39,52H,4-8,10-11,13-15,22,27-28,31-34,37,40-51H2,1-3H3/b12-9-,19-16-,20-17-,21-18-,25-23-,26-24-,30-29-,38-35-,39-36-. The largest absolute Gasteiger partial charge is 0.462 e. The third-order valence-electron chi connectivity index (χ3n) is 9.76. The molecule has 0 saturated carbocycles. The molecule has 0 spiro atoms. The van der Waals surface area contributed by atoms with E-state index in [2.05, 4.69) is 130 Å². The number of carbonyl (C=O) groups excluding carboxylic acids is 3. The molecule has 0 N–H and O–H groups in total. The molecule has 6 nitrogen and oxygen atoms in total. The molecule has 0 rings (SSSR count). The highest BCUT2D eigenvalue weighted by Gasteiger charge is 2.19. The van der Waals surface area contributed by atoms with Crippen LogP contribution in [0.5, 0.6) is 0 Å². The molecule has 1 atom stereocenters. The van der Waals surface area contributed by atoms with Gasteiger partial charge in [0.05, 0.1) is 0 Å². The van der Waals surface area contributed by atoms with Gasteiger partial charge >= 0.3 is 17.9 Å². The van der Waals surface area contributed by atoms with Gasteiger partial charge in [-0.2, -0.15) is 0 Å². The second-order valence-electron chi connectivity index (χ2n) is 15.7. The first-order chi connectivity index (χ1) is 30.0. The van der Waals surface area contributed by atoms with Gasteiger partial charge in [-0.05, 0) is 109 Å². The molecule has 0 heterocycles. The molecule has 0 radical (unpaired) electrons. The summed E-state index contributed by atoms with van der Waals surface area (Å²) < 4.78 is 16.6. The lowest BCUT2D eigenvalue weighted by atomic mass is 10.1. The molecule has 0 bridgehead atoms. The second kappa shape index (κ2) is 48.7. The minimum absolute atomic E-state index is 0.129. The van der Waals surface area contributed by atoms with Crippen LogP contribution >= 0.6 is 0 Å². The van der Waals surface area contributed by atoms with Crippen LogP contribution < -0.4 is 0 Å². The van der Waals surface area contributed by atoms with Crippen LogP contribution in [0, 0.1) is 0 Å². The first-order valence-corrected chi connectivity index (χ1v) is 24.4. The molecule has 61 heavy (non-hydrogen) atoms. The lowest BCUT2D eigenvalue weighted by Gasteiger charge is -2.18. The van der Waals surface area contributed by atoms with Crippen molar-refractivity contribution in [2.24, 2.45) is 0 Å². The number of hydrogen-bond donors (Lipinski definition) is 0. The van der Waals surface area contributed by atoms with Gasteiger partial charge in [0.25, 0.3) is 0 Å². The van der Waals surface area contributed by atoms with E-state index in [1.807, 2.05) is 0 Å². The summed E-state index contributed by atoms with van der Waals surface area (Å²) in [4.78, 5) is 37.8. The third-order valence-corrected chi connectivity index (χ3v) is 9.76. The third kappa shape index (κ3) is 47.0. The Labute approximate surface area is 374 Å². The molecular weight excluding hydrogens is 757 g/mol. The Kier molecular flexibility index (Phi) is 45.6. The number of hydrogen-bond acceptors (Lipinski definition) is 6. The number of rotatable bonds is 42. The van der Waals surface area contributed by atoms with E-state index in [1.165, 1.54) is 57.8 Å². The topological polar surface area (TPSA) is 78.9 Å². The molecule has 0 aromatic carbocycles. The molecule has 0 fully saturated rings. The van der Waals surface area contributed by atoms with Crippen LogP contribution in [0.15, 0.2) is 109 Å². The highest BCUT2D eigenvalue weighted by Crippen LogP contribution is 2.12. The minimum atomic E-state index is -0.827. The average Bonchev–Trinajstić information content (AvgIpc) is 3.26. The van der Waals surface area contributed by atoms with Gasteiger partial charge < -0.3 is 14.2 Å². The predicted molar refractivity (Wildman–Crippen MR) is 260 cm³/mol. The summed E-state index contributed by atoms with van der Waals surface area (Å²) in [7, 11) is 0. The highest BCUT2D eigenvalue weighted by molar-refractivity contribution is 5.71. The van der Waals surface area contributed by atoms with Crippen molar-refractivity contribution >= 4 is 17.9 Å². The van der Waals surface area contributed by atoms with Crippen molar-refractivity contribution in [2.45, 2.75) is 207 Å². The number of esters is 3. The Bertz CT molecular complexity index is 1290. The van der Waals surface area contributed by atoms with Gasteiger partial charge in [-0.15, -0.1) is 0 Å². The van der Waals surface area contributed by atoms with E-state index >= 15 is 0 Å². The van der Waals surface area contributed by atoms with Crippen LogP contribution in [0.2, 0.25) is 0 Å². The van der Waals surface area contributed by atoms with Crippen LogP contribution in [0.1, 0.15) is 201 Å². The molecule has 0 aromatic heterocycles. The van der Waals surface area contributed by atoms with Gasteiger partial charge in [-0.1, -0.05) is 182 Å². The van der Waals surface area contributed by atoms with Crippen LogP contribution in [-0.2, 0) is 28.6 Å². The summed E-state index contributed by atoms with van der Waals surface area (Å²) in [6.07, 6.45) is 65.1. The molecule has 0 saturated heterocycles. The lowest BCUT2D eigenvalue weighted by Crippen LogP contribution is -2.30. The van der Waals surface area contributed by atoms with Crippen LogP contribution in [-0.4, -0.2) is 37.2 Å². The van der Waals surface area contributed by atoms with Gasteiger partial charge in [0.2, 0.25) is 0 Å². The molecule has 1 unspecified atom stereocenters. The van der Waals surface area contributed by atoms with E-state index in [4.69, 9.17) is 14.2 Å². The van der Waals surface area contributed by atoms with Crippen molar-refractivity contribution in [3.8, 4) is 0 Å². The van der Waals surface area contributed by atoms with Crippen LogP contribution in [0.4, 0.5) is 0 Å². The molecule has 6 heteroatoms. The lowest BCUT2D eigenvalue weighted by molar-refractivity contribution is -0.167. The van der Waals surface area contributed by atoms with E-state index in [0.29, 0.717) is 12.8 Å². The van der Waals surface area contributed by atoms with Crippen molar-refractivity contribution in [1.82, 2.24) is 0 Å². The number of ether oxygens (including phenoxy) is 3. The zero-order chi connectivity index (χ0) is 44.4. The van der Waals surface area contributed by atoms with Crippen molar-refractivity contribution in [2.75, 3.05) is 13.2 Å². The van der Waals surface area contributed by atoms with Crippen molar-refractivity contribution in [3.05, 3.63) is 109 Å². The summed E-state index contributed by atoms with van der Waals surface area (Å²) in [6, 6.07) is 0. The molecule has 0 amide bonds. The SMILES string of the molecule is CC/C=C\C/C=C\C/C=C\CCCC(=O)OCC(COC(=O)CCC/C=C\C/C=C\C/C=C\C/C=C\CCCCC)OC(=O)CCCCCCCC/C=C\C=C/CCCCC. The first kappa shape index (κ1) is 57.1. The Morgan fingerprint density at radius 3 is 1.15 bits per heavy atom. The van der Waals surface area contributed by atoms with E-state index < -0.39 is 6.10 Å². The minimum Gasteiger partial charge on any atom is -0.462 e. The maximum Gasteiger partial charge on any atom is 0.306 e. The predicted octanol–water partition coefficient (Wildman–Crippen LogP) is 16.0. The van der Waals surface area contributed by atoms with Gasteiger partial charge in [-0.25, -0.2) is 0 Å². The van der Waals surface area contributed by atoms with Gasteiger partial charge in [0, 0.05) is 19.3 Å². The van der Waals surface area contributed by atoms with Gasteiger partial charge in [0.15, 0.2) is 6.10 Å². The fourth-order valence-corrected chi connectivity index (χ4v) is 6.09. The quantitative estimate of drug-likeness (QED) is 0.0200. The zero-order valence-electron chi connectivity index (χ0n) is 39.1. The molecular formula is C55H88O6. The summed E-state index contributed by atoms with van der Waals surface area (Å²) in [5.74, 6) is -1.06. The van der Waals surface area contributed by atoms with E-state index in [1.54, 1.807) is 0 Å². The zero-order valence-corrected chi connectivity index (χ0v) is 39.1. The van der Waals surface area contributed by atoms with E-state index in [-0.39, 0.29) is 50.4 Å². The smallest absolute Gasteiger partial charge is 0.306 e. The Morgan fingerprint density at radius 2 is 0.705 bits per heavy atom. The van der Waals surface area contributed by atoms with Crippen molar-refractivity contribution < 1.29 is 28.6 Å². The number of unbranched alkanes of at least 4 members (excludes halogenated alkanes) is 14. The molecule has 0 aliphatic heterocycles. The van der Waals surface area contributed by atoms with E-state index in [9.17, 15) is 14.4 Å². The summed E-state index contributed by atoms with van der Waals surface area (Å²) in [5.41, 5.74) is 0. The summed E-state index contributed by atoms with van der Waals surface area (Å²) in [5, 5.41) is 0. The Hall–Kier alpha value is -3.93. The van der Waals surface area contributed by atoms with Gasteiger partial charge in [0.1, 0.15) is 13.2 Å². The Morgan fingerprint density at radius 1 is 0.361 bits per heavy atom. The fourth-order valence-electron chi connectivity index (χ4n) is 6.09. The van der Waals surface area contributed by atoms with Crippen LogP contribution in [0.3, 0.4) is 0 Å². The second-order valence-corrected chi connectivity index (χ2v) is 15.7. The molecule has 0 aliphatic carbocycles. The number of allylic oxidation sites excluding steroid dienone is 18. The molecule has 0 aliphatic rings. The van der Waals surface area contributed by atoms with E-state index in [0.717, 1.165) is 89.9 Å². The highest BCUT2D eigenvalue weighted by atomic mass is 16.6. The maximum atomic E-state index is 12.8. The Balaban J connectivity index is 4.55. The molecule has 0 aromatic rings. The average molecular weight is 845 g/mol. The molecule has 344 valence electrons. The summed E-state index contributed by atoms with van der Waals surface area (Å²) >= 11 is 0. The van der Waals surface area contributed by atoms with Crippen LogP contribution in [0.25, 0.3) is 0 Å². The number of carbonyl (C=O) groups is 3. The van der Waals surface area contributed by atoms with Crippen molar-refractivity contribution in [1.29, 1.82) is 0 Å². The van der Waals surface area contributed by atoms with Gasteiger partial charge in [-0.3, -0.25) is 14.4 Å². The van der Waals surface area contributed by atoms with Crippen molar-refractivity contribution in [3.63, 3.8) is 0 Å². The first-order valence-electron chi connectivity index (χ1n) is 24.4. The monoisotopic (exact) mass is 845 g/mol. The normalized spacial score (nSPS) is 13.0. The maximum absolute atomic E-state index is 12.8. The summed E-state index contributed by atoms with van der Waals surface area (Å²) in [6.45, 7) is 6.33. The fraction of sp³-hybridized carbons (Fsp3) is 0.618.